The van der Waals surface area contributed by atoms with Crippen LogP contribution in [0.5, 0.6) is 0 Å². The van der Waals surface area contributed by atoms with Gasteiger partial charge in [0.15, 0.2) is 0 Å². The minimum absolute atomic E-state index is 0.0980. The Morgan fingerprint density at radius 1 is 1.15 bits per heavy atom. The van der Waals surface area contributed by atoms with Gasteiger partial charge in [0.2, 0.25) is 0 Å². The van der Waals surface area contributed by atoms with Crippen molar-refractivity contribution in [2.24, 2.45) is 10.9 Å². The second-order valence-electron chi connectivity index (χ2n) is 6.81. The van der Waals surface area contributed by atoms with Crippen molar-refractivity contribution in [3.8, 4) is 0 Å². The normalized spacial score (nSPS) is 24.5. The molecule has 1 aliphatic heterocycles. The first-order chi connectivity index (χ1) is 12.7. The Morgan fingerprint density at radius 2 is 1.85 bits per heavy atom. The van der Waals surface area contributed by atoms with E-state index in [-0.39, 0.29) is 27.4 Å². The van der Waals surface area contributed by atoms with E-state index in [1.165, 1.54) is 18.2 Å². The summed E-state index contributed by atoms with van der Waals surface area (Å²) in [6.45, 7) is 0. The van der Waals surface area contributed by atoms with E-state index >= 15 is 0 Å². The molecule has 0 amide bonds. The quantitative estimate of drug-likeness (QED) is 0.702. The van der Waals surface area contributed by atoms with Crippen LogP contribution in [0.15, 0.2) is 41.6 Å². The molecule has 2 N–H and O–H groups in total. The summed E-state index contributed by atoms with van der Waals surface area (Å²) in [5, 5.41) is 4.02. The van der Waals surface area contributed by atoms with Crippen LogP contribution in [0, 0.1) is 0 Å². The Hall–Kier alpha value is -1.76. The number of hydrogen-bond donors (Lipinski definition) is 1. The topological polar surface area (TPSA) is 47.6 Å². The van der Waals surface area contributed by atoms with E-state index in [2.05, 4.69) is 5.16 Å². The van der Waals surface area contributed by atoms with Crippen molar-refractivity contribution in [2.75, 3.05) is 0 Å². The number of nitrogens with two attached hydrogens (primary N) is 1. The minimum atomic E-state index is -4.72. The SMILES string of the molecule is NC1CCc2cccc(C3=NOC(c4cc(Cl)cc(Cl)c4)(C(F)(F)F)C3)c21. The first kappa shape index (κ1) is 18.6. The Bertz CT molecular complexity index is 925. The zero-order valence-electron chi connectivity index (χ0n) is 14.0. The molecule has 0 saturated heterocycles. The standard InChI is InChI=1S/C19H15Cl2F3N2O/c20-12-6-11(7-13(21)8-12)18(19(22,23)24)9-16(26-27-18)14-3-1-2-10-4-5-15(25)17(10)14/h1-3,6-8,15H,4-5,9,25H2. The lowest BCUT2D eigenvalue weighted by Crippen LogP contribution is -2.42. The molecule has 1 aliphatic carbocycles. The van der Waals surface area contributed by atoms with Crippen molar-refractivity contribution in [2.45, 2.75) is 37.1 Å². The fourth-order valence-corrected chi connectivity index (χ4v) is 4.34. The summed E-state index contributed by atoms with van der Waals surface area (Å²) in [6, 6.07) is 9.05. The monoisotopic (exact) mass is 414 g/mol. The molecule has 2 atom stereocenters. The van der Waals surface area contributed by atoms with E-state index in [1.807, 2.05) is 6.07 Å². The van der Waals surface area contributed by atoms with E-state index in [9.17, 15) is 13.2 Å². The number of rotatable bonds is 2. The molecular weight excluding hydrogens is 400 g/mol. The molecule has 142 valence electrons. The van der Waals surface area contributed by atoms with E-state index in [4.69, 9.17) is 33.8 Å². The molecule has 0 saturated carbocycles. The largest absolute Gasteiger partial charge is 0.435 e. The van der Waals surface area contributed by atoms with Gasteiger partial charge >= 0.3 is 6.18 Å². The van der Waals surface area contributed by atoms with Gasteiger partial charge in [0.1, 0.15) is 0 Å². The molecule has 0 spiro atoms. The van der Waals surface area contributed by atoms with Gasteiger partial charge in [0.25, 0.3) is 5.60 Å². The highest BCUT2D eigenvalue weighted by molar-refractivity contribution is 6.34. The average Bonchev–Trinajstić information content (AvgIpc) is 3.19. The van der Waals surface area contributed by atoms with Gasteiger partial charge in [-0.25, -0.2) is 0 Å². The first-order valence-corrected chi connectivity index (χ1v) is 9.13. The van der Waals surface area contributed by atoms with E-state index in [1.54, 1.807) is 12.1 Å². The number of benzene rings is 2. The molecule has 4 rings (SSSR count). The number of nitrogens with zero attached hydrogens (tertiary/aromatic N) is 1. The smallest absolute Gasteiger partial charge is 0.374 e. The van der Waals surface area contributed by atoms with E-state index < -0.39 is 18.2 Å². The molecule has 8 heteroatoms. The number of alkyl halides is 3. The lowest BCUT2D eigenvalue weighted by molar-refractivity contribution is -0.275. The predicted molar refractivity (Wildman–Crippen MR) is 98.1 cm³/mol. The van der Waals surface area contributed by atoms with Crippen LogP contribution in [0.1, 0.15) is 41.1 Å². The average molecular weight is 415 g/mol. The van der Waals surface area contributed by atoms with Gasteiger partial charge < -0.3 is 10.6 Å². The fourth-order valence-electron chi connectivity index (χ4n) is 3.81. The number of halogens is 5. The number of aryl methyl sites for hydroxylation is 1. The maximum absolute atomic E-state index is 14.1. The summed E-state index contributed by atoms with van der Waals surface area (Å²) in [5.41, 5.74) is 6.07. The van der Waals surface area contributed by atoms with Gasteiger partial charge in [-0.05, 0) is 42.2 Å². The van der Waals surface area contributed by atoms with Crippen LogP contribution in [-0.2, 0) is 16.9 Å². The molecule has 2 unspecified atom stereocenters. The van der Waals surface area contributed by atoms with Crippen molar-refractivity contribution < 1.29 is 18.0 Å². The number of oxime groups is 1. The van der Waals surface area contributed by atoms with Crippen molar-refractivity contribution in [1.29, 1.82) is 0 Å². The molecule has 3 nitrogen and oxygen atoms in total. The highest BCUT2D eigenvalue weighted by Crippen LogP contribution is 2.50. The van der Waals surface area contributed by atoms with Gasteiger partial charge in [-0.1, -0.05) is 46.6 Å². The van der Waals surface area contributed by atoms with E-state index in [0.29, 0.717) is 5.56 Å². The third kappa shape index (κ3) is 3.00. The second kappa shape index (κ2) is 6.40. The van der Waals surface area contributed by atoms with Crippen molar-refractivity contribution in [1.82, 2.24) is 0 Å². The van der Waals surface area contributed by atoms with E-state index in [0.717, 1.165) is 24.0 Å². The molecule has 0 aromatic heterocycles. The number of hydrogen-bond acceptors (Lipinski definition) is 3. The second-order valence-corrected chi connectivity index (χ2v) is 7.69. The molecule has 0 bridgehead atoms. The zero-order chi connectivity index (χ0) is 19.4. The van der Waals surface area contributed by atoms with Gasteiger partial charge in [-0.2, -0.15) is 13.2 Å². The third-order valence-electron chi connectivity index (χ3n) is 5.12. The Kier molecular flexibility index (Phi) is 4.41. The van der Waals surface area contributed by atoms with Crippen molar-refractivity contribution in [3.05, 3.63) is 68.7 Å². The molecule has 1 heterocycles. The molecule has 0 radical (unpaired) electrons. The molecule has 0 fully saturated rings. The van der Waals surface area contributed by atoms with Gasteiger partial charge in [-0.3, -0.25) is 0 Å². The third-order valence-corrected chi connectivity index (χ3v) is 5.55. The lowest BCUT2D eigenvalue weighted by atomic mass is 9.85. The van der Waals surface area contributed by atoms with Gasteiger partial charge in [0, 0.05) is 33.6 Å². The maximum atomic E-state index is 14.1. The van der Waals surface area contributed by atoms with Crippen LogP contribution in [0.3, 0.4) is 0 Å². The maximum Gasteiger partial charge on any atom is 0.435 e. The van der Waals surface area contributed by atoms with Crippen LogP contribution >= 0.6 is 23.2 Å². The summed E-state index contributed by atoms with van der Waals surface area (Å²) in [6.07, 6.45) is -3.63. The first-order valence-electron chi connectivity index (χ1n) is 8.37. The summed E-state index contributed by atoms with van der Waals surface area (Å²) in [7, 11) is 0. The fraction of sp³-hybridized carbons (Fsp3) is 0.316. The van der Waals surface area contributed by atoms with Crippen LogP contribution in [-0.4, -0.2) is 11.9 Å². The predicted octanol–water partition coefficient (Wildman–Crippen LogP) is 5.52. The number of fused-ring (bicyclic) bond motifs is 1. The lowest BCUT2D eigenvalue weighted by Gasteiger charge is -2.29. The van der Waals surface area contributed by atoms with Crippen LogP contribution in [0.25, 0.3) is 0 Å². The summed E-state index contributed by atoms with van der Waals surface area (Å²) in [5.74, 6) is 0. The van der Waals surface area contributed by atoms with Crippen LogP contribution in [0.4, 0.5) is 13.2 Å². The van der Waals surface area contributed by atoms with Crippen molar-refractivity contribution >= 4 is 28.9 Å². The highest BCUT2D eigenvalue weighted by atomic mass is 35.5. The Morgan fingerprint density at radius 3 is 2.52 bits per heavy atom. The molecule has 27 heavy (non-hydrogen) atoms. The minimum Gasteiger partial charge on any atom is -0.374 e. The summed E-state index contributed by atoms with van der Waals surface area (Å²) < 4.78 is 42.3. The van der Waals surface area contributed by atoms with Crippen LogP contribution < -0.4 is 5.73 Å². The zero-order valence-corrected chi connectivity index (χ0v) is 15.5. The molecular formula is C19H15Cl2F3N2O. The van der Waals surface area contributed by atoms with Crippen LogP contribution in [0.2, 0.25) is 10.0 Å². The molecule has 2 aliphatic rings. The summed E-state index contributed by atoms with van der Waals surface area (Å²) >= 11 is 11.9. The highest BCUT2D eigenvalue weighted by Gasteiger charge is 2.62. The summed E-state index contributed by atoms with van der Waals surface area (Å²) in [4.78, 5) is 5.07. The van der Waals surface area contributed by atoms with Gasteiger partial charge in [0.05, 0.1) is 5.71 Å². The molecule has 2 aromatic carbocycles. The van der Waals surface area contributed by atoms with Gasteiger partial charge in [-0.15, -0.1) is 0 Å². The Balaban J connectivity index is 1.79. The molecule has 2 aromatic rings. The van der Waals surface area contributed by atoms with Crippen molar-refractivity contribution in [3.63, 3.8) is 0 Å². The Labute approximate surface area is 163 Å².